The third-order valence-electron chi connectivity index (χ3n) is 2.53. The summed E-state index contributed by atoms with van der Waals surface area (Å²) in [5, 5.41) is 0. The number of hydrogen-bond acceptors (Lipinski definition) is 4. The van der Waals surface area contributed by atoms with Gasteiger partial charge >= 0.3 is 0 Å². The predicted molar refractivity (Wildman–Crippen MR) is 84.6 cm³/mol. The van der Waals surface area contributed by atoms with Crippen molar-refractivity contribution in [1.82, 2.24) is 4.90 Å². The normalized spacial score (nSPS) is 10.9. The number of nitrogens with zero attached hydrogens (tertiary/aromatic N) is 1. The molecule has 0 unspecified atom stereocenters. The number of Topliss-reactive ketones (excluding diaryl/α,β-unsaturated/α-hetero) is 1. The lowest BCUT2D eigenvalue weighted by Crippen LogP contribution is -2.38. The molecule has 1 heterocycles. The molecule has 0 aromatic carbocycles. The minimum atomic E-state index is -0.408. The van der Waals surface area contributed by atoms with Gasteiger partial charge < -0.3 is 5.73 Å². The molecule has 0 atom stereocenters. The minimum absolute atomic E-state index is 0.00817. The van der Waals surface area contributed by atoms with Gasteiger partial charge in [0.15, 0.2) is 5.78 Å². The Bertz CT molecular complexity index is 463. The van der Waals surface area contributed by atoms with Gasteiger partial charge in [0.05, 0.1) is 20.7 Å². The molecule has 1 rings (SSSR count). The molecule has 0 aliphatic heterocycles. The summed E-state index contributed by atoms with van der Waals surface area (Å²) in [6.45, 7) is 3.10. The van der Waals surface area contributed by atoms with Gasteiger partial charge in [-0.2, -0.15) is 0 Å². The van der Waals surface area contributed by atoms with Crippen LogP contribution in [0.2, 0.25) is 0 Å². The van der Waals surface area contributed by atoms with E-state index >= 15 is 0 Å². The smallest absolute Gasteiger partial charge is 0.231 e. The molecule has 0 saturated heterocycles. The van der Waals surface area contributed by atoms with E-state index in [4.69, 9.17) is 5.73 Å². The van der Waals surface area contributed by atoms with E-state index in [0.717, 1.165) is 20.4 Å². The lowest BCUT2D eigenvalue weighted by molar-refractivity contribution is -0.119. The number of carbonyl (C=O) groups is 2. The van der Waals surface area contributed by atoms with Gasteiger partial charge in [-0.3, -0.25) is 14.5 Å². The van der Waals surface area contributed by atoms with Crippen molar-refractivity contribution in [3.05, 3.63) is 19.2 Å². The van der Waals surface area contributed by atoms with E-state index in [1.54, 1.807) is 11.0 Å². The summed E-state index contributed by atoms with van der Waals surface area (Å²) in [6.07, 6.45) is 1.95. The zero-order valence-corrected chi connectivity index (χ0v) is 14.6. The Labute approximate surface area is 133 Å². The standard InChI is InChI=1S/C12H16Br2N2O2S/c1-2-3-4-16(7-11(15)18)6-9(17)8-5-10(13)19-12(8)14/h5H,2-4,6-7H2,1H3,(H2,15,18). The summed E-state index contributed by atoms with van der Waals surface area (Å²) in [6, 6.07) is 1.79. The highest BCUT2D eigenvalue weighted by molar-refractivity contribution is 9.12. The lowest BCUT2D eigenvalue weighted by atomic mass is 10.2. The highest BCUT2D eigenvalue weighted by Gasteiger charge is 2.18. The van der Waals surface area contributed by atoms with Crippen LogP contribution < -0.4 is 5.73 Å². The van der Waals surface area contributed by atoms with Gasteiger partial charge in [-0.1, -0.05) is 13.3 Å². The van der Waals surface area contributed by atoms with Crippen molar-refractivity contribution in [2.24, 2.45) is 5.73 Å². The van der Waals surface area contributed by atoms with Gasteiger partial charge in [0, 0.05) is 5.56 Å². The molecule has 0 spiro atoms. The van der Waals surface area contributed by atoms with Crippen LogP contribution in [-0.2, 0) is 4.79 Å². The fourth-order valence-corrected chi connectivity index (χ4v) is 4.49. The first-order chi connectivity index (χ1) is 8.93. The SMILES string of the molecule is CCCCN(CC(N)=O)CC(=O)c1cc(Br)sc1Br. The number of thiophene rings is 1. The number of hydrogen-bond donors (Lipinski definition) is 1. The first-order valence-corrected chi connectivity index (χ1v) is 8.33. The molecule has 0 saturated carbocycles. The van der Waals surface area contributed by atoms with E-state index in [1.807, 2.05) is 0 Å². The molecule has 0 aliphatic rings. The quantitative estimate of drug-likeness (QED) is 0.668. The Balaban J connectivity index is 2.69. The first-order valence-electron chi connectivity index (χ1n) is 5.92. The number of halogens is 2. The number of primary amides is 1. The van der Waals surface area contributed by atoms with Crippen LogP contribution >= 0.6 is 43.2 Å². The largest absolute Gasteiger partial charge is 0.369 e. The van der Waals surface area contributed by atoms with Crippen LogP contribution in [0, 0.1) is 0 Å². The molecule has 1 aromatic rings. The van der Waals surface area contributed by atoms with Crippen molar-refractivity contribution in [3.8, 4) is 0 Å². The Hall–Kier alpha value is -0.240. The number of unbranched alkanes of at least 4 members (excludes halogenated alkanes) is 1. The van der Waals surface area contributed by atoms with Crippen LogP contribution in [0.15, 0.2) is 13.6 Å². The van der Waals surface area contributed by atoms with Gasteiger partial charge in [-0.05, 0) is 50.9 Å². The van der Waals surface area contributed by atoms with Gasteiger partial charge in [-0.15, -0.1) is 11.3 Å². The molecule has 106 valence electrons. The molecule has 0 aliphatic carbocycles. The van der Waals surface area contributed by atoms with Crippen LogP contribution in [0.25, 0.3) is 0 Å². The average Bonchev–Trinajstić information content (AvgIpc) is 2.64. The molecule has 19 heavy (non-hydrogen) atoms. The molecule has 0 bridgehead atoms. The third-order valence-corrected chi connectivity index (χ3v) is 4.87. The van der Waals surface area contributed by atoms with Crippen LogP contribution in [-0.4, -0.2) is 36.2 Å². The fourth-order valence-electron chi connectivity index (χ4n) is 1.63. The molecule has 2 N–H and O–H groups in total. The second kappa shape index (κ2) is 8.14. The van der Waals surface area contributed by atoms with E-state index in [2.05, 4.69) is 38.8 Å². The second-order valence-electron chi connectivity index (χ2n) is 4.19. The molecule has 0 radical (unpaired) electrons. The number of ketones is 1. The topological polar surface area (TPSA) is 63.4 Å². The number of rotatable bonds is 8. The molecular weight excluding hydrogens is 396 g/mol. The molecular formula is C12H16Br2N2O2S. The van der Waals surface area contributed by atoms with E-state index in [1.165, 1.54) is 11.3 Å². The van der Waals surface area contributed by atoms with Crippen molar-refractivity contribution in [2.75, 3.05) is 19.6 Å². The van der Waals surface area contributed by atoms with Gasteiger partial charge in [0.25, 0.3) is 0 Å². The molecule has 1 aromatic heterocycles. The summed E-state index contributed by atoms with van der Waals surface area (Å²) in [5.74, 6) is -0.416. The minimum Gasteiger partial charge on any atom is -0.369 e. The Morgan fingerprint density at radius 1 is 1.37 bits per heavy atom. The second-order valence-corrected chi connectivity index (χ2v) is 7.94. The highest BCUT2D eigenvalue weighted by Crippen LogP contribution is 2.32. The summed E-state index contributed by atoms with van der Waals surface area (Å²) in [4.78, 5) is 25.0. The van der Waals surface area contributed by atoms with Crippen LogP contribution in [0.5, 0.6) is 0 Å². The van der Waals surface area contributed by atoms with E-state index in [0.29, 0.717) is 12.1 Å². The molecule has 7 heteroatoms. The lowest BCUT2D eigenvalue weighted by Gasteiger charge is -2.19. The highest BCUT2D eigenvalue weighted by atomic mass is 79.9. The number of nitrogens with two attached hydrogens (primary N) is 1. The van der Waals surface area contributed by atoms with Crippen molar-refractivity contribution in [1.29, 1.82) is 0 Å². The molecule has 0 fully saturated rings. The van der Waals surface area contributed by atoms with Crippen LogP contribution in [0.3, 0.4) is 0 Å². The maximum Gasteiger partial charge on any atom is 0.231 e. The number of amides is 1. The maximum atomic E-state index is 12.2. The summed E-state index contributed by atoms with van der Waals surface area (Å²) >= 11 is 8.18. The summed E-state index contributed by atoms with van der Waals surface area (Å²) in [5.41, 5.74) is 5.85. The predicted octanol–water partition coefficient (Wildman–Crippen LogP) is 3.04. The van der Waals surface area contributed by atoms with E-state index in [9.17, 15) is 9.59 Å². The van der Waals surface area contributed by atoms with Crippen molar-refractivity contribution >= 4 is 54.9 Å². The van der Waals surface area contributed by atoms with Crippen LogP contribution in [0.4, 0.5) is 0 Å². The summed E-state index contributed by atoms with van der Waals surface area (Å²) in [7, 11) is 0. The van der Waals surface area contributed by atoms with Crippen molar-refractivity contribution < 1.29 is 9.59 Å². The zero-order valence-electron chi connectivity index (χ0n) is 10.6. The fraction of sp³-hybridized carbons (Fsp3) is 0.500. The maximum absolute atomic E-state index is 12.2. The van der Waals surface area contributed by atoms with Gasteiger partial charge in [-0.25, -0.2) is 0 Å². The summed E-state index contributed by atoms with van der Waals surface area (Å²) < 4.78 is 1.71. The number of carbonyl (C=O) groups excluding carboxylic acids is 2. The van der Waals surface area contributed by atoms with Crippen molar-refractivity contribution in [2.45, 2.75) is 19.8 Å². The van der Waals surface area contributed by atoms with E-state index in [-0.39, 0.29) is 18.9 Å². The third kappa shape index (κ3) is 5.72. The monoisotopic (exact) mass is 410 g/mol. The van der Waals surface area contributed by atoms with E-state index < -0.39 is 5.91 Å². The Morgan fingerprint density at radius 3 is 2.53 bits per heavy atom. The zero-order chi connectivity index (χ0) is 14.4. The Morgan fingerprint density at radius 2 is 2.05 bits per heavy atom. The molecule has 1 amide bonds. The van der Waals surface area contributed by atoms with Crippen LogP contribution in [0.1, 0.15) is 30.1 Å². The van der Waals surface area contributed by atoms with Crippen molar-refractivity contribution in [3.63, 3.8) is 0 Å². The Kier molecular flexibility index (Phi) is 7.20. The average molecular weight is 412 g/mol. The van der Waals surface area contributed by atoms with Gasteiger partial charge in [0.2, 0.25) is 5.91 Å². The molecule has 4 nitrogen and oxygen atoms in total. The first kappa shape index (κ1) is 16.8. The van der Waals surface area contributed by atoms with Gasteiger partial charge in [0.1, 0.15) is 0 Å².